The van der Waals surface area contributed by atoms with Gasteiger partial charge < -0.3 is 9.88 Å². The van der Waals surface area contributed by atoms with Crippen LogP contribution in [0.15, 0.2) is 30.7 Å². The molecule has 0 bridgehead atoms. The van der Waals surface area contributed by atoms with Gasteiger partial charge in [-0.1, -0.05) is 6.07 Å². The molecule has 3 rings (SSSR count). The zero-order valence-corrected chi connectivity index (χ0v) is 15.6. The third-order valence-electron chi connectivity index (χ3n) is 3.85. The highest BCUT2D eigenvalue weighted by Crippen LogP contribution is 2.33. The van der Waals surface area contributed by atoms with E-state index in [1.807, 2.05) is 0 Å². The van der Waals surface area contributed by atoms with E-state index >= 15 is 0 Å². The zero-order chi connectivity index (χ0) is 20.5. The van der Waals surface area contributed by atoms with Gasteiger partial charge in [0.25, 0.3) is 0 Å². The van der Waals surface area contributed by atoms with Crippen LogP contribution in [-0.4, -0.2) is 24.5 Å². The molecule has 28 heavy (non-hydrogen) atoms. The Bertz CT molecular complexity index is 986. The van der Waals surface area contributed by atoms with Crippen LogP contribution in [0, 0.1) is 5.82 Å². The van der Waals surface area contributed by atoms with E-state index in [1.165, 1.54) is 23.0 Å². The molecule has 0 amide bonds. The lowest BCUT2D eigenvalue weighted by atomic mass is 10.1. The molecular weight excluding hydrogens is 400 g/mol. The molecule has 0 fully saturated rings. The van der Waals surface area contributed by atoms with Gasteiger partial charge in [-0.2, -0.15) is 18.2 Å². The minimum Gasteiger partial charge on any atom is -0.350 e. The second-order valence-corrected chi connectivity index (χ2v) is 6.53. The van der Waals surface area contributed by atoms with E-state index < -0.39 is 17.7 Å². The minimum absolute atomic E-state index is 0.0139. The second-order valence-electron chi connectivity index (χ2n) is 6.19. The van der Waals surface area contributed by atoms with Gasteiger partial charge in [0.15, 0.2) is 5.69 Å². The van der Waals surface area contributed by atoms with Crippen molar-refractivity contribution < 1.29 is 17.6 Å². The number of anilines is 1. The molecule has 0 aliphatic rings. The Morgan fingerprint density at radius 1 is 1.18 bits per heavy atom. The Kier molecular flexibility index (Phi) is 5.50. The molecule has 2 aromatic heterocycles. The lowest BCUT2D eigenvalue weighted by molar-refractivity contribution is -0.140. The summed E-state index contributed by atoms with van der Waals surface area (Å²) in [4.78, 5) is 15.0. The van der Waals surface area contributed by atoms with Crippen LogP contribution in [0.4, 0.5) is 23.5 Å². The molecule has 1 aromatic carbocycles. The number of rotatable bonds is 5. The van der Waals surface area contributed by atoms with Crippen LogP contribution in [0.2, 0.25) is 5.28 Å². The number of benzene rings is 1. The summed E-state index contributed by atoms with van der Waals surface area (Å²) in [6.45, 7) is 3.58. The number of halogens is 5. The van der Waals surface area contributed by atoms with Gasteiger partial charge in [-0.05, 0) is 43.1 Å². The van der Waals surface area contributed by atoms with Crippen LogP contribution in [0.1, 0.15) is 31.1 Å². The van der Waals surface area contributed by atoms with E-state index in [0.717, 1.165) is 6.20 Å². The molecule has 3 aromatic rings. The zero-order valence-electron chi connectivity index (χ0n) is 14.8. The van der Waals surface area contributed by atoms with Gasteiger partial charge in [0.1, 0.15) is 18.0 Å². The molecule has 0 aliphatic carbocycles. The van der Waals surface area contributed by atoms with Crippen molar-refractivity contribution in [2.75, 3.05) is 5.32 Å². The van der Waals surface area contributed by atoms with Gasteiger partial charge in [0.2, 0.25) is 11.2 Å². The fraction of sp³-hybridized carbons (Fsp3) is 0.294. The van der Waals surface area contributed by atoms with E-state index in [2.05, 4.69) is 25.3 Å². The van der Waals surface area contributed by atoms with Gasteiger partial charge >= 0.3 is 6.18 Å². The summed E-state index contributed by atoms with van der Waals surface area (Å²) in [6, 6.07) is 3.88. The van der Waals surface area contributed by atoms with Crippen molar-refractivity contribution in [2.45, 2.75) is 32.6 Å². The molecule has 6 nitrogen and oxygen atoms in total. The highest BCUT2D eigenvalue weighted by molar-refractivity contribution is 6.28. The summed E-state index contributed by atoms with van der Waals surface area (Å²) in [5, 5.41) is 2.87. The van der Waals surface area contributed by atoms with Crippen molar-refractivity contribution in [3.8, 4) is 11.4 Å². The van der Waals surface area contributed by atoms with E-state index in [0.29, 0.717) is 5.56 Å². The van der Waals surface area contributed by atoms with Crippen LogP contribution >= 0.6 is 11.6 Å². The summed E-state index contributed by atoms with van der Waals surface area (Å²) in [5.41, 5.74) is -0.541. The van der Waals surface area contributed by atoms with Gasteiger partial charge in [-0.25, -0.2) is 19.3 Å². The van der Waals surface area contributed by atoms with Crippen LogP contribution < -0.4 is 5.32 Å². The Hall–Kier alpha value is -2.75. The first-order chi connectivity index (χ1) is 13.1. The van der Waals surface area contributed by atoms with Crippen molar-refractivity contribution in [1.29, 1.82) is 0 Å². The number of nitrogens with zero attached hydrogens (tertiary/aromatic N) is 5. The number of alkyl halides is 3. The summed E-state index contributed by atoms with van der Waals surface area (Å²) in [6.07, 6.45) is -2.49. The van der Waals surface area contributed by atoms with E-state index in [1.54, 1.807) is 19.9 Å². The van der Waals surface area contributed by atoms with Crippen molar-refractivity contribution in [3.05, 3.63) is 53.1 Å². The lowest BCUT2D eigenvalue weighted by Gasteiger charge is -2.12. The molecular formula is C17H15ClF4N6. The normalized spacial score (nSPS) is 11.9. The first-order valence-electron chi connectivity index (χ1n) is 8.18. The molecule has 2 heterocycles. The van der Waals surface area contributed by atoms with Crippen molar-refractivity contribution in [3.63, 3.8) is 0 Å². The van der Waals surface area contributed by atoms with Crippen LogP contribution in [0.3, 0.4) is 0 Å². The Labute approximate surface area is 162 Å². The summed E-state index contributed by atoms with van der Waals surface area (Å²) in [7, 11) is 0. The van der Waals surface area contributed by atoms with Crippen LogP contribution in [0.25, 0.3) is 11.4 Å². The summed E-state index contributed by atoms with van der Waals surface area (Å²) < 4.78 is 55.0. The molecule has 0 saturated heterocycles. The fourth-order valence-electron chi connectivity index (χ4n) is 2.52. The second kappa shape index (κ2) is 7.70. The van der Waals surface area contributed by atoms with Crippen molar-refractivity contribution in [2.24, 2.45) is 0 Å². The van der Waals surface area contributed by atoms with Crippen LogP contribution in [0.5, 0.6) is 0 Å². The smallest absolute Gasteiger partial charge is 0.350 e. The number of nitrogens with one attached hydrogen (secondary N) is 1. The highest BCUT2D eigenvalue weighted by atomic mass is 35.5. The van der Waals surface area contributed by atoms with Crippen molar-refractivity contribution in [1.82, 2.24) is 24.5 Å². The molecule has 11 heteroatoms. The molecule has 0 unspecified atom stereocenters. The maximum Gasteiger partial charge on any atom is 0.434 e. The first-order valence-corrected chi connectivity index (χ1v) is 8.56. The predicted octanol–water partition coefficient (Wildman–Crippen LogP) is 4.74. The lowest BCUT2D eigenvalue weighted by Crippen LogP contribution is -2.06. The number of hydrogen-bond donors (Lipinski definition) is 1. The van der Waals surface area contributed by atoms with Gasteiger partial charge in [-0.3, -0.25) is 0 Å². The number of imidazole rings is 1. The average Bonchev–Trinajstić information content (AvgIpc) is 3.06. The number of aromatic nitrogens is 5. The monoisotopic (exact) mass is 414 g/mol. The minimum atomic E-state index is -4.61. The van der Waals surface area contributed by atoms with Gasteiger partial charge in [-0.15, -0.1) is 0 Å². The summed E-state index contributed by atoms with van der Waals surface area (Å²) >= 11 is 5.66. The Morgan fingerprint density at radius 2 is 1.93 bits per heavy atom. The third-order valence-corrected chi connectivity index (χ3v) is 4.03. The average molecular weight is 415 g/mol. The van der Waals surface area contributed by atoms with Gasteiger partial charge in [0, 0.05) is 18.8 Å². The fourth-order valence-corrected chi connectivity index (χ4v) is 2.64. The standard InChI is InChI=1S/C17H15ClF4N6/c1-9(2)28-7-13(17(20,21)22)26-14(28)11-4-3-10(5-12(11)19)6-23-16-25-8-24-15(18)27-16/h3-5,7-9H,6H2,1-2H3,(H,23,24,25,27). The largest absolute Gasteiger partial charge is 0.434 e. The molecule has 0 radical (unpaired) electrons. The Balaban J connectivity index is 1.87. The first kappa shape index (κ1) is 20.0. The quantitative estimate of drug-likeness (QED) is 0.611. The SMILES string of the molecule is CC(C)n1cc(C(F)(F)F)nc1-c1ccc(CNc2ncnc(Cl)n2)cc1F. The predicted molar refractivity (Wildman–Crippen MR) is 95.2 cm³/mol. The van der Waals surface area contributed by atoms with Crippen LogP contribution in [-0.2, 0) is 12.7 Å². The van der Waals surface area contributed by atoms with E-state index in [9.17, 15) is 17.6 Å². The maximum atomic E-state index is 14.7. The number of hydrogen-bond acceptors (Lipinski definition) is 5. The molecule has 0 atom stereocenters. The Morgan fingerprint density at radius 3 is 2.54 bits per heavy atom. The molecule has 0 spiro atoms. The summed E-state index contributed by atoms with van der Waals surface area (Å²) in [5.74, 6) is -0.549. The third kappa shape index (κ3) is 4.38. The highest BCUT2D eigenvalue weighted by Gasteiger charge is 2.35. The molecule has 0 aliphatic heterocycles. The molecule has 1 N–H and O–H groups in total. The molecule has 0 saturated carbocycles. The molecule has 148 valence electrons. The topological polar surface area (TPSA) is 68.5 Å². The maximum absolute atomic E-state index is 14.7. The van der Waals surface area contributed by atoms with E-state index in [4.69, 9.17) is 11.6 Å². The van der Waals surface area contributed by atoms with Gasteiger partial charge in [0.05, 0.1) is 5.56 Å². The van der Waals surface area contributed by atoms with Crippen molar-refractivity contribution >= 4 is 17.5 Å². The van der Waals surface area contributed by atoms with E-state index in [-0.39, 0.29) is 35.2 Å².